The largest absolute Gasteiger partial charge is 0.382 e. The molecule has 2 N–H and O–H groups in total. The smallest absolute Gasteiger partial charge is 0.224 e. The maximum absolute atomic E-state index is 12.0. The molecule has 1 atom stereocenters. The van der Waals surface area contributed by atoms with Gasteiger partial charge in [0.1, 0.15) is 5.60 Å². The van der Waals surface area contributed by atoms with Gasteiger partial charge in [-0.25, -0.2) is 0 Å². The number of hydrogen-bond donors (Lipinski definition) is 2. The third-order valence-electron chi connectivity index (χ3n) is 3.70. The molecule has 20 heavy (non-hydrogen) atoms. The van der Waals surface area contributed by atoms with Crippen molar-refractivity contribution in [2.75, 3.05) is 6.54 Å². The van der Waals surface area contributed by atoms with Gasteiger partial charge < -0.3 is 10.4 Å². The molecular weight excluding hydrogens is 290 g/mol. The highest BCUT2D eigenvalue weighted by atomic mass is 32.1. The van der Waals surface area contributed by atoms with Gasteiger partial charge in [0.05, 0.1) is 13.0 Å². The molecule has 0 unspecified atom stereocenters. The van der Waals surface area contributed by atoms with E-state index in [1.165, 1.54) is 0 Å². The van der Waals surface area contributed by atoms with Gasteiger partial charge >= 0.3 is 0 Å². The van der Waals surface area contributed by atoms with Crippen LogP contribution in [0.5, 0.6) is 0 Å². The lowest BCUT2D eigenvalue weighted by Gasteiger charge is -2.27. The summed E-state index contributed by atoms with van der Waals surface area (Å²) in [5.41, 5.74) is 0.136. The first-order valence-corrected chi connectivity index (χ1v) is 8.55. The van der Waals surface area contributed by atoms with Gasteiger partial charge in [-0.2, -0.15) is 11.3 Å². The maximum Gasteiger partial charge on any atom is 0.224 e. The van der Waals surface area contributed by atoms with Crippen molar-refractivity contribution < 1.29 is 9.90 Å². The Labute approximate surface area is 126 Å². The number of nitrogens with one attached hydrogen (secondary N) is 1. The molecule has 0 spiro atoms. The van der Waals surface area contributed by atoms with Crippen LogP contribution in [0.1, 0.15) is 23.3 Å². The zero-order valence-electron chi connectivity index (χ0n) is 11.0. The first-order valence-electron chi connectivity index (χ1n) is 6.72. The molecule has 1 saturated carbocycles. The van der Waals surface area contributed by atoms with Crippen LogP contribution in [0.25, 0.3) is 0 Å². The summed E-state index contributed by atoms with van der Waals surface area (Å²) in [7, 11) is 0. The van der Waals surface area contributed by atoms with E-state index >= 15 is 0 Å². The van der Waals surface area contributed by atoms with Crippen LogP contribution in [0.2, 0.25) is 0 Å². The molecule has 0 aliphatic heterocycles. The van der Waals surface area contributed by atoms with E-state index in [2.05, 4.69) is 5.32 Å². The molecule has 5 heteroatoms. The van der Waals surface area contributed by atoms with Crippen molar-refractivity contribution in [3.05, 3.63) is 44.8 Å². The lowest BCUT2D eigenvalue weighted by atomic mass is 9.95. The summed E-state index contributed by atoms with van der Waals surface area (Å²) in [4.78, 5) is 12.9. The van der Waals surface area contributed by atoms with Crippen LogP contribution in [0, 0.1) is 5.92 Å². The van der Waals surface area contributed by atoms with Gasteiger partial charge in [0.2, 0.25) is 5.91 Å². The molecule has 2 aromatic heterocycles. The number of carbonyl (C=O) groups is 1. The standard InChI is InChI=1S/C15H17NO2S2/c17-14(8-11-5-7-19-9-11)16-10-15(18,12-3-4-12)13-2-1-6-20-13/h1-2,5-7,9,12,18H,3-4,8,10H2,(H,16,17)/t15-/m0/s1. The molecule has 1 aliphatic carbocycles. The Morgan fingerprint density at radius 1 is 1.40 bits per heavy atom. The summed E-state index contributed by atoms with van der Waals surface area (Å²) in [5.74, 6) is 0.252. The van der Waals surface area contributed by atoms with Crippen molar-refractivity contribution in [3.8, 4) is 0 Å². The van der Waals surface area contributed by atoms with Gasteiger partial charge in [-0.3, -0.25) is 4.79 Å². The Bertz CT molecular complexity index is 561. The van der Waals surface area contributed by atoms with Crippen LogP contribution in [-0.4, -0.2) is 17.6 Å². The van der Waals surface area contributed by atoms with E-state index in [9.17, 15) is 9.90 Å². The van der Waals surface area contributed by atoms with Gasteiger partial charge in [0.25, 0.3) is 0 Å². The van der Waals surface area contributed by atoms with Gasteiger partial charge in [0.15, 0.2) is 0 Å². The van der Waals surface area contributed by atoms with Gasteiger partial charge in [0, 0.05) is 4.88 Å². The first kappa shape index (κ1) is 13.8. The van der Waals surface area contributed by atoms with Crippen LogP contribution in [0.4, 0.5) is 0 Å². The highest BCUT2D eigenvalue weighted by Gasteiger charge is 2.45. The van der Waals surface area contributed by atoms with E-state index in [0.717, 1.165) is 23.3 Å². The number of amides is 1. The molecule has 0 radical (unpaired) electrons. The zero-order chi connectivity index (χ0) is 14.0. The van der Waals surface area contributed by atoms with E-state index < -0.39 is 5.60 Å². The van der Waals surface area contributed by atoms with Crippen molar-refractivity contribution >= 4 is 28.6 Å². The fraction of sp³-hybridized carbons (Fsp3) is 0.400. The van der Waals surface area contributed by atoms with Crippen LogP contribution < -0.4 is 5.32 Å². The van der Waals surface area contributed by atoms with E-state index in [1.54, 1.807) is 22.7 Å². The summed E-state index contributed by atoms with van der Waals surface area (Å²) < 4.78 is 0. The third kappa shape index (κ3) is 2.95. The highest BCUT2D eigenvalue weighted by molar-refractivity contribution is 7.10. The Balaban J connectivity index is 1.62. The molecular formula is C15H17NO2S2. The first-order chi connectivity index (χ1) is 9.68. The molecule has 0 aromatic carbocycles. The van der Waals surface area contributed by atoms with E-state index in [-0.39, 0.29) is 11.8 Å². The number of hydrogen-bond acceptors (Lipinski definition) is 4. The second-order valence-corrected chi connectivity index (χ2v) is 6.99. The fourth-order valence-electron chi connectivity index (χ4n) is 2.39. The topological polar surface area (TPSA) is 49.3 Å². The molecule has 1 fully saturated rings. The lowest BCUT2D eigenvalue weighted by Crippen LogP contribution is -2.42. The monoisotopic (exact) mass is 307 g/mol. The summed E-state index contributed by atoms with van der Waals surface area (Å²) in [5, 5.41) is 19.7. The SMILES string of the molecule is O=C(Cc1ccsc1)NC[C@@](O)(c1cccs1)C1CC1. The molecule has 3 rings (SSSR count). The average molecular weight is 307 g/mol. The number of rotatable bonds is 6. The number of thiophene rings is 2. The lowest BCUT2D eigenvalue weighted by molar-refractivity contribution is -0.122. The van der Waals surface area contributed by atoms with E-state index in [0.29, 0.717) is 13.0 Å². The minimum absolute atomic E-state index is 0.0287. The summed E-state index contributed by atoms with van der Waals surface area (Å²) in [6.45, 7) is 0.307. The molecule has 0 bridgehead atoms. The average Bonchev–Trinajstić information content (AvgIpc) is 2.93. The normalized spacial score (nSPS) is 17.6. The van der Waals surface area contributed by atoms with Crippen molar-refractivity contribution in [1.82, 2.24) is 5.32 Å². The van der Waals surface area contributed by atoms with Crippen LogP contribution >= 0.6 is 22.7 Å². The summed E-state index contributed by atoms with van der Waals surface area (Å²) >= 11 is 3.15. The number of aliphatic hydroxyl groups is 1. The minimum Gasteiger partial charge on any atom is -0.382 e. The second-order valence-electron chi connectivity index (χ2n) is 5.26. The molecule has 2 heterocycles. The quantitative estimate of drug-likeness (QED) is 0.862. The maximum atomic E-state index is 12.0. The predicted octanol–water partition coefficient (Wildman–Crippen LogP) is 2.77. The van der Waals surface area contributed by atoms with E-state index in [4.69, 9.17) is 0 Å². The van der Waals surface area contributed by atoms with Crippen LogP contribution in [0.3, 0.4) is 0 Å². The van der Waals surface area contributed by atoms with Gasteiger partial charge in [-0.15, -0.1) is 11.3 Å². The molecule has 2 aromatic rings. The molecule has 0 saturated heterocycles. The Kier molecular flexibility index (Phi) is 3.92. The van der Waals surface area contributed by atoms with Crippen molar-refractivity contribution in [3.63, 3.8) is 0 Å². The Hall–Kier alpha value is -1.17. The predicted molar refractivity (Wildman–Crippen MR) is 82.0 cm³/mol. The molecule has 1 aliphatic rings. The van der Waals surface area contributed by atoms with Crippen molar-refractivity contribution in [2.45, 2.75) is 24.9 Å². The Morgan fingerprint density at radius 2 is 2.25 bits per heavy atom. The zero-order valence-corrected chi connectivity index (χ0v) is 12.7. The fourth-order valence-corrected chi connectivity index (χ4v) is 3.97. The third-order valence-corrected chi connectivity index (χ3v) is 5.47. The molecule has 106 valence electrons. The number of carbonyl (C=O) groups excluding carboxylic acids is 1. The van der Waals surface area contributed by atoms with Crippen molar-refractivity contribution in [1.29, 1.82) is 0 Å². The summed E-state index contributed by atoms with van der Waals surface area (Å²) in [6.07, 6.45) is 2.46. The second kappa shape index (κ2) is 5.68. The van der Waals surface area contributed by atoms with E-state index in [1.807, 2.05) is 34.3 Å². The van der Waals surface area contributed by atoms with Crippen LogP contribution in [0.15, 0.2) is 34.3 Å². The van der Waals surface area contributed by atoms with Crippen LogP contribution in [-0.2, 0) is 16.8 Å². The highest BCUT2D eigenvalue weighted by Crippen LogP contribution is 2.46. The Morgan fingerprint density at radius 3 is 2.85 bits per heavy atom. The van der Waals surface area contributed by atoms with Gasteiger partial charge in [-0.1, -0.05) is 6.07 Å². The summed E-state index contributed by atoms with van der Waals surface area (Å²) in [6, 6.07) is 5.85. The van der Waals surface area contributed by atoms with Crippen molar-refractivity contribution in [2.24, 2.45) is 5.92 Å². The molecule has 1 amide bonds. The minimum atomic E-state index is -0.890. The van der Waals surface area contributed by atoms with Gasteiger partial charge in [-0.05, 0) is 52.6 Å². The molecule has 3 nitrogen and oxygen atoms in total.